The number of aliphatic hydroxyl groups is 1. The van der Waals surface area contributed by atoms with Crippen molar-refractivity contribution in [2.75, 3.05) is 7.11 Å². The molecule has 0 saturated heterocycles. The van der Waals surface area contributed by atoms with Gasteiger partial charge in [0, 0.05) is 12.0 Å². The van der Waals surface area contributed by atoms with Gasteiger partial charge in [0.1, 0.15) is 17.6 Å². The molecule has 1 N–H and O–H groups in total. The van der Waals surface area contributed by atoms with Gasteiger partial charge in [-0.1, -0.05) is 43.3 Å². The van der Waals surface area contributed by atoms with Crippen LogP contribution in [0.15, 0.2) is 76.5 Å². The lowest BCUT2D eigenvalue weighted by atomic mass is 10.0. The average molecular weight is 338 g/mol. The number of hydrogen-bond donors (Lipinski definition) is 1. The van der Waals surface area contributed by atoms with Gasteiger partial charge in [0.25, 0.3) is 0 Å². The summed E-state index contributed by atoms with van der Waals surface area (Å²) in [5, 5.41) is 10.9. The van der Waals surface area contributed by atoms with Crippen LogP contribution in [-0.2, 0) is 11.2 Å². The zero-order valence-corrected chi connectivity index (χ0v) is 14.5. The van der Waals surface area contributed by atoms with E-state index in [2.05, 4.69) is 11.3 Å². The Morgan fingerprint density at radius 1 is 1.28 bits per heavy atom. The Balaban J connectivity index is 0.000000277. The van der Waals surface area contributed by atoms with Crippen molar-refractivity contribution in [3.05, 3.63) is 83.1 Å². The minimum Gasteiger partial charge on any atom is -0.512 e. The van der Waals surface area contributed by atoms with Crippen LogP contribution < -0.4 is 5.43 Å². The number of ether oxygens (including phenoxy) is 1. The third-order valence-corrected chi connectivity index (χ3v) is 3.86. The highest BCUT2D eigenvalue weighted by molar-refractivity contribution is 6.05. The summed E-state index contributed by atoms with van der Waals surface area (Å²) in [6, 6.07) is 11.6. The van der Waals surface area contributed by atoms with Crippen LogP contribution >= 0.6 is 0 Å². The van der Waals surface area contributed by atoms with Crippen LogP contribution in [0.25, 0.3) is 21.7 Å². The van der Waals surface area contributed by atoms with E-state index in [0.717, 1.165) is 23.5 Å². The second-order valence-corrected chi connectivity index (χ2v) is 5.40. The van der Waals surface area contributed by atoms with E-state index in [1.165, 1.54) is 13.4 Å². The Labute approximate surface area is 146 Å². The largest absolute Gasteiger partial charge is 0.512 e. The van der Waals surface area contributed by atoms with Crippen molar-refractivity contribution in [2.45, 2.75) is 19.8 Å². The van der Waals surface area contributed by atoms with Crippen molar-refractivity contribution in [1.82, 2.24) is 0 Å². The Kier molecular flexibility index (Phi) is 6.40. The van der Waals surface area contributed by atoms with Gasteiger partial charge in [0.05, 0.1) is 18.8 Å². The van der Waals surface area contributed by atoms with E-state index in [1.54, 1.807) is 6.08 Å². The normalized spacial score (nSPS) is 11.0. The first kappa shape index (κ1) is 18.3. The molecule has 25 heavy (non-hydrogen) atoms. The zero-order valence-electron chi connectivity index (χ0n) is 14.5. The van der Waals surface area contributed by atoms with Crippen LogP contribution in [0, 0.1) is 0 Å². The van der Waals surface area contributed by atoms with E-state index >= 15 is 0 Å². The number of fused-ring (bicyclic) bond motifs is 3. The van der Waals surface area contributed by atoms with Crippen molar-refractivity contribution >= 4 is 21.7 Å². The second-order valence-electron chi connectivity index (χ2n) is 5.40. The van der Waals surface area contributed by atoms with Gasteiger partial charge < -0.3 is 14.3 Å². The highest BCUT2D eigenvalue weighted by atomic mass is 16.5. The molecule has 0 aliphatic carbocycles. The highest BCUT2D eigenvalue weighted by Crippen LogP contribution is 2.23. The number of rotatable bonds is 4. The van der Waals surface area contributed by atoms with Crippen molar-refractivity contribution in [3.63, 3.8) is 0 Å². The molecule has 0 spiro atoms. The van der Waals surface area contributed by atoms with Gasteiger partial charge in [-0.2, -0.15) is 0 Å². The molecule has 3 aromatic rings. The van der Waals surface area contributed by atoms with Crippen LogP contribution in [0.3, 0.4) is 0 Å². The molecule has 1 heterocycles. The number of aliphatic hydroxyl groups excluding tert-OH is 1. The van der Waals surface area contributed by atoms with Crippen molar-refractivity contribution in [2.24, 2.45) is 0 Å². The minimum atomic E-state index is 0.0351. The molecule has 0 unspecified atom stereocenters. The summed E-state index contributed by atoms with van der Waals surface area (Å²) in [6.07, 6.45) is 5.48. The molecule has 0 amide bonds. The van der Waals surface area contributed by atoms with Gasteiger partial charge in [-0.15, -0.1) is 6.58 Å². The number of methoxy groups -OCH3 is 1. The fourth-order valence-electron chi connectivity index (χ4n) is 2.52. The quantitative estimate of drug-likeness (QED) is 0.408. The summed E-state index contributed by atoms with van der Waals surface area (Å²) < 4.78 is 10.2. The lowest BCUT2D eigenvalue weighted by molar-refractivity contribution is 0.260. The standard InChI is InChI=1S/C16H12O2.C5H10O2/c1-2-5-12-10-18-14-9-8-11-6-3-4-7-13(11)15(14)16(12)17;1-3-5(4-6)7-2/h2-4,6-10H,1,5H2;4,6H,3H2,1-2H3/b;5-4-. The molecule has 3 rings (SSSR count). The molecular formula is C21H22O4. The van der Waals surface area contributed by atoms with Crippen molar-refractivity contribution < 1.29 is 14.3 Å². The third kappa shape index (κ3) is 4.10. The molecule has 0 saturated carbocycles. The summed E-state index contributed by atoms with van der Waals surface area (Å²) in [5.74, 6) is 0.611. The van der Waals surface area contributed by atoms with Crippen molar-refractivity contribution in [3.8, 4) is 0 Å². The third-order valence-electron chi connectivity index (χ3n) is 3.86. The maximum absolute atomic E-state index is 12.4. The van der Waals surface area contributed by atoms with E-state index in [4.69, 9.17) is 9.52 Å². The van der Waals surface area contributed by atoms with E-state index in [0.29, 0.717) is 28.7 Å². The fourth-order valence-corrected chi connectivity index (χ4v) is 2.52. The Hall–Kier alpha value is -3.01. The molecule has 1 aromatic heterocycles. The lowest BCUT2D eigenvalue weighted by Gasteiger charge is -2.04. The molecule has 0 aliphatic heterocycles. The van der Waals surface area contributed by atoms with Crippen LogP contribution in [0.2, 0.25) is 0 Å². The van der Waals surface area contributed by atoms with Gasteiger partial charge in [0.2, 0.25) is 0 Å². The molecule has 0 atom stereocenters. The Bertz CT molecular complexity index is 945. The lowest BCUT2D eigenvalue weighted by Crippen LogP contribution is -2.08. The van der Waals surface area contributed by atoms with E-state index in [-0.39, 0.29) is 5.43 Å². The van der Waals surface area contributed by atoms with Crippen LogP contribution in [0.4, 0.5) is 0 Å². The Morgan fingerprint density at radius 2 is 2.04 bits per heavy atom. The summed E-state index contributed by atoms with van der Waals surface area (Å²) in [6.45, 7) is 5.57. The van der Waals surface area contributed by atoms with Gasteiger partial charge in [0.15, 0.2) is 5.43 Å². The molecule has 0 radical (unpaired) electrons. The van der Waals surface area contributed by atoms with Gasteiger partial charge >= 0.3 is 0 Å². The van der Waals surface area contributed by atoms with Crippen LogP contribution in [0.1, 0.15) is 18.9 Å². The summed E-state index contributed by atoms with van der Waals surface area (Å²) in [4.78, 5) is 12.4. The van der Waals surface area contributed by atoms with Crippen LogP contribution in [0.5, 0.6) is 0 Å². The van der Waals surface area contributed by atoms with E-state index in [9.17, 15) is 4.79 Å². The topological polar surface area (TPSA) is 59.7 Å². The summed E-state index contributed by atoms with van der Waals surface area (Å²) >= 11 is 0. The van der Waals surface area contributed by atoms with Gasteiger partial charge in [-0.25, -0.2) is 0 Å². The first-order valence-electron chi connectivity index (χ1n) is 8.06. The van der Waals surface area contributed by atoms with E-state index in [1.807, 2.05) is 43.3 Å². The zero-order chi connectivity index (χ0) is 18.2. The van der Waals surface area contributed by atoms with E-state index < -0.39 is 0 Å². The number of allylic oxidation sites excluding steroid dienone is 2. The first-order valence-corrected chi connectivity index (χ1v) is 8.06. The molecule has 130 valence electrons. The molecule has 0 fully saturated rings. The molecular weight excluding hydrogens is 316 g/mol. The Morgan fingerprint density at radius 3 is 2.64 bits per heavy atom. The monoisotopic (exact) mass is 338 g/mol. The van der Waals surface area contributed by atoms with Gasteiger partial charge in [-0.05, 0) is 23.3 Å². The molecule has 4 nitrogen and oxygen atoms in total. The summed E-state index contributed by atoms with van der Waals surface area (Å²) in [5.41, 5.74) is 1.31. The maximum atomic E-state index is 12.4. The molecule has 0 bridgehead atoms. The van der Waals surface area contributed by atoms with Gasteiger partial charge in [-0.3, -0.25) is 4.79 Å². The fraction of sp³-hybridized carbons (Fsp3) is 0.190. The first-order chi connectivity index (χ1) is 12.2. The number of hydrogen-bond acceptors (Lipinski definition) is 4. The minimum absolute atomic E-state index is 0.0351. The molecule has 2 aromatic carbocycles. The predicted octanol–water partition coefficient (Wildman–Crippen LogP) is 5.12. The van der Waals surface area contributed by atoms with Crippen LogP contribution in [-0.4, -0.2) is 12.2 Å². The predicted molar refractivity (Wildman–Crippen MR) is 102 cm³/mol. The SMILES string of the molecule is C=CCc1coc2ccc3ccccc3c2c1=O.CC/C(=C/O)OC. The molecule has 4 heteroatoms. The second kappa shape index (κ2) is 8.73. The maximum Gasteiger partial charge on any atom is 0.196 e. The smallest absolute Gasteiger partial charge is 0.196 e. The molecule has 0 aliphatic rings. The highest BCUT2D eigenvalue weighted by Gasteiger charge is 2.09. The average Bonchev–Trinajstić information content (AvgIpc) is 2.66. The number of benzene rings is 2. The summed E-state index contributed by atoms with van der Waals surface area (Å²) in [7, 11) is 1.53. The van der Waals surface area contributed by atoms with Crippen molar-refractivity contribution in [1.29, 1.82) is 0 Å².